The largest absolute Gasteiger partial charge is 0.483 e. The lowest BCUT2D eigenvalue weighted by Gasteiger charge is -2.41. The Hall–Kier alpha value is -1.51. The highest BCUT2D eigenvalue weighted by Crippen LogP contribution is 2.30. The summed E-state index contributed by atoms with van der Waals surface area (Å²) in [5.74, 6) is 1.03. The molecule has 3 rings (SSSR count). The van der Waals surface area contributed by atoms with E-state index in [1.165, 1.54) is 69.8 Å². The maximum absolute atomic E-state index is 13.1. The number of carbonyl (C=O) groups is 1. The van der Waals surface area contributed by atoms with Crippen molar-refractivity contribution < 1.29 is 9.53 Å². The fraction of sp³-hybridized carbons (Fsp3) is 0.682. The van der Waals surface area contributed by atoms with Gasteiger partial charge in [0.25, 0.3) is 5.91 Å². The van der Waals surface area contributed by atoms with Crippen LogP contribution in [0.15, 0.2) is 18.2 Å². The normalized spacial score (nSPS) is 19.6. The van der Waals surface area contributed by atoms with Crippen molar-refractivity contribution >= 4 is 5.91 Å². The Labute approximate surface area is 152 Å². The van der Waals surface area contributed by atoms with Gasteiger partial charge in [0.15, 0.2) is 6.61 Å². The number of amides is 1. The van der Waals surface area contributed by atoms with Crippen molar-refractivity contribution in [1.82, 2.24) is 4.90 Å². The lowest BCUT2D eigenvalue weighted by Crippen LogP contribution is -2.50. The molecule has 25 heavy (non-hydrogen) atoms. The summed E-state index contributed by atoms with van der Waals surface area (Å²) < 4.78 is 5.92. The number of nitrogens with zero attached hydrogens (tertiary/aromatic N) is 1. The zero-order valence-electron chi connectivity index (χ0n) is 15.9. The predicted molar refractivity (Wildman–Crippen MR) is 102 cm³/mol. The first-order chi connectivity index (χ1) is 12.1. The molecule has 1 aromatic carbocycles. The molecule has 0 N–H and O–H groups in total. The van der Waals surface area contributed by atoms with Crippen molar-refractivity contribution in [2.75, 3.05) is 6.61 Å². The quantitative estimate of drug-likeness (QED) is 0.737. The number of benzene rings is 1. The monoisotopic (exact) mass is 343 g/mol. The fourth-order valence-electron chi connectivity index (χ4n) is 4.60. The molecule has 0 bridgehead atoms. The molecule has 1 amide bonds. The van der Waals surface area contributed by atoms with Crippen LogP contribution >= 0.6 is 0 Å². The van der Waals surface area contributed by atoms with E-state index in [2.05, 4.69) is 17.9 Å². The summed E-state index contributed by atoms with van der Waals surface area (Å²) in [6, 6.07) is 7.02. The van der Waals surface area contributed by atoms with E-state index in [-0.39, 0.29) is 12.5 Å². The van der Waals surface area contributed by atoms with Crippen LogP contribution in [0.25, 0.3) is 0 Å². The maximum Gasteiger partial charge on any atom is 0.261 e. The summed E-state index contributed by atoms with van der Waals surface area (Å²) in [6.07, 6.45) is 12.4. The van der Waals surface area contributed by atoms with Crippen molar-refractivity contribution in [1.29, 1.82) is 0 Å². The third kappa shape index (κ3) is 4.77. The Bertz CT molecular complexity index is 553. The lowest BCUT2D eigenvalue weighted by molar-refractivity contribution is -0.140. The second kappa shape index (κ2) is 8.73. The van der Waals surface area contributed by atoms with E-state index in [0.717, 1.165) is 11.3 Å². The van der Waals surface area contributed by atoms with Gasteiger partial charge in [-0.15, -0.1) is 0 Å². The van der Waals surface area contributed by atoms with Gasteiger partial charge in [0.05, 0.1) is 0 Å². The Morgan fingerprint density at radius 1 is 0.960 bits per heavy atom. The SMILES string of the molecule is Cc1ccc(OCC(=O)N(C2CCCCC2)C2CCCCC2)c(C)c1. The average Bonchev–Trinajstić information content (AvgIpc) is 2.63. The molecule has 2 aliphatic carbocycles. The summed E-state index contributed by atoms with van der Waals surface area (Å²) >= 11 is 0. The number of rotatable bonds is 5. The van der Waals surface area contributed by atoms with Crippen molar-refractivity contribution in [2.45, 2.75) is 90.1 Å². The second-order valence-electron chi connectivity index (χ2n) is 7.94. The van der Waals surface area contributed by atoms with E-state index < -0.39 is 0 Å². The van der Waals surface area contributed by atoms with E-state index >= 15 is 0 Å². The van der Waals surface area contributed by atoms with Crippen LogP contribution in [0.2, 0.25) is 0 Å². The van der Waals surface area contributed by atoms with Crippen LogP contribution in [0, 0.1) is 13.8 Å². The van der Waals surface area contributed by atoms with E-state index in [1.54, 1.807) is 0 Å². The van der Waals surface area contributed by atoms with E-state index in [0.29, 0.717) is 12.1 Å². The van der Waals surface area contributed by atoms with Gasteiger partial charge in [-0.1, -0.05) is 56.2 Å². The highest BCUT2D eigenvalue weighted by Gasteiger charge is 2.32. The molecule has 3 heteroatoms. The minimum atomic E-state index is 0.177. The Kier molecular flexibility index (Phi) is 6.39. The highest BCUT2D eigenvalue weighted by molar-refractivity contribution is 5.78. The minimum Gasteiger partial charge on any atom is -0.483 e. The molecule has 2 fully saturated rings. The predicted octanol–water partition coefficient (Wildman–Crippen LogP) is 5.18. The van der Waals surface area contributed by atoms with E-state index in [9.17, 15) is 4.79 Å². The van der Waals surface area contributed by atoms with Crippen LogP contribution in [0.4, 0.5) is 0 Å². The number of hydrogen-bond donors (Lipinski definition) is 0. The van der Waals surface area contributed by atoms with Crippen molar-refractivity contribution in [3.05, 3.63) is 29.3 Å². The topological polar surface area (TPSA) is 29.5 Å². The molecule has 0 aliphatic heterocycles. The molecule has 0 aromatic heterocycles. The summed E-state index contributed by atoms with van der Waals surface area (Å²) in [5.41, 5.74) is 2.33. The van der Waals surface area contributed by atoms with Gasteiger partial charge in [-0.3, -0.25) is 4.79 Å². The van der Waals surface area contributed by atoms with Gasteiger partial charge in [0.1, 0.15) is 5.75 Å². The van der Waals surface area contributed by atoms with Crippen LogP contribution in [0.3, 0.4) is 0 Å². The van der Waals surface area contributed by atoms with Gasteiger partial charge in [0, 0.05) is 12.1 Å². The standard InChI is InChI=1S/C22H33NO2/c1-17-13-14-21(18(2)15-17)25-16-22(24)23(19-9-5-3-6-10-19)20-11-7-4-8-12-20/h13-15,19-20H,3-12,16H2,1-2H3. The molecular weight excluding hydrogens is 310 g/mol. The van der Waals surface area contributed by atoms with Crippen LogP contribution in [0.1, 0.15) is 75.3 Å². The molecular formula is C22H33NO2. The lowest BCUT2D eigenvalue weighted by atomic mass is 9.88. The number of aryl methyl sites for hydroxylation is 2. The fourth-order valence-corrected chi connectivity index (χ4v) is 4.60. The summed E-state index contributed by atoms with van der Waals surface area (Å²) in [5, 5.41) is 0. The van der Waals surface area contributed by atoms with E-state index in [1.807, 2.05) is 19.1 Å². The molecule has 0 spiro atoms. The average molecular weight is 344 g/mol. The first kappa shape index (κ1) is 18.3. The zero-order chi connectivity index (χ0) is 17.6. The second-order valence-corrected chi connectivity index (χ2v) is 7.94. The van der Waals surface area contributed by atoms with Gasteiger partial charge < -0.3 is 9.64 Å². The zero-order valence-corrected chi connectivity index (χ0v) is 15.9. The molecule has 0 saturated heterocycles. The highest BCUT2D eigenvalue weighted by atomic mass is 16.5. The first-order valence-electron chi connectivity index (χ1n) is 10.2. The molecule has 0 atom stereocenters. The summed E-state index contributed by atoms with van der Waals surface area (Å²) in [6.45, 7) is 4.31. The molecule has 0 unspecified atom stereocenters. The van der Waals surface area contributed by atoms with Crippen LogP contribution in [0.5, 0.6) is 5.75 Å². The van der Waals surface area contributed by atoms with E-state index in [4.69, 9.17) is 4.74 Å². The number of carbonyl (C=O) groups excluding carboxylic acids is 1. The maximum atomic E-state index is 13.1. The molecule has 138 valence electrons. The number of ether oxygens (including phenoxy) is 1. The van der Waals surface area contributed by atoms with Gasteiger partial charge in [-0.25, -0.2) is 0 Å². The molecule has 2 saturated carbocycles. The summed E-state index contributed by atoms with van der Waals surface area (Å²) in [4.78, 5) is 15.3. The van der Waals surface area contributed by atoms with Gasteiger partial charge in [-0.05, 0) is 51.2 Å². The van der Waals surface area contributed by atoms with Crippen molar-refractivity contribution in [3.63, 3.8) is 0 Å². The third-order valence-corrected chi connectivity index (χ3v) is 5.91. The van der Waals surface area contributed by atoms with Crippen LogP contribution in [-0.2, 0) is 4.79 Å². The molecule has 2 aliphatic rings. The Morgan fingerprint density at radius 2 is 1.52 bits per heavy atom. The number of hydrogen-bond acceptors (Lipinski definition) is 2. The van der Waals surface area contributed by atoms with Crippen molar-refractivity contribution in [2.24, 2.45) is 0 Å². The third-order valence-electron chi connectivity index (χ3n) is 5.91. The smallest absolute Gasteiger partial charge is 0.261 e. The minimum absolute atomic E-state index is 0.177. The Balaban J connectivity index is 1.67. The molecule has 0 radical (unpaired) electrons. The van der Waals surface area contributed by atoms with Crippen molar-refractivity contribution in [3.8, 4) is 5.75 Å². The van der Waals surface area contributed by atoms with Gasteiger partial charge in [0.2, 0.25) is 0 Å². The molecule has 3 nitrogen and oxygen atoms in total. The van der Waals surface area contributed by atoms with Gasteiger partial charge in [-0.2, -0.15) is 0 Å². The van der Waals surface area contributed by atoms with Crippen LogP contribution < -0.4 is 4.74 Å². The summed E-state index contributed by atoms with van der Waals surface area (Å²) in [7, 11) is 0. The first-order valence-corrected chi connectivity index (χ1v) is 10.2. The molecule has 1 aromatic rings. The van der Waals surface area contributed by atoms with Gasteiger partial charge >= 0.3 is 0 Å². The molecule has 0 heterocycles. The van der Waals surface area contributed by atoms with Crippen LogP contribution in [-0.4, -0.2) is 29.5 Å². The Morgan fingerprint density at radius 3 is 2.04 bits per heavy atom.